The molecule has 1 atom stereocenters. The highest BCUT2D eigenvalue weighted by Gasteiger charge is 2.29. The van der Waals surface area contributed by atoms with Gasteiger partial charge in [-0.1, -0.05) is 27.7 Å². The van der Waals surface area contributed by atoms with Crippen LogP contribution in [0.5, 0.6) is 0 Å². The smallest absolute Gasteiger partial charge is 0.0115 e. The maximum atomic E-state index is 3.56. The number of hydrogen-bond donors (Lipinski definition) is 1. The van der Waals surface area contributed by atoms with Crippen LogP contribution in [0.3, 0.4) is 0 Å². The fourth-order valence-corrected chi connectivity index (χ4v) is 2.33. The van der Waals surface area contributed by atoms with Crippen molar-refractivity contribution in [1.29, 1.82) is 0 Å². The average molecular weight is 212 g/mol. The first kappa shape index (κ1) is 13.0. The molecule has 1 saturated heterocycles. The van der Waals surface area contributed by atoms with Crippen molar-refractivity contribution in [3.63, 3.8) is 0 Å². The van der Waals surface area contributed by atoms with E-state index >= 15 is 0 Å². The molecule has 1 aliphatic heterocycles. The lowest BCUT2D eigenvalue weighted by atomic mass is 9.85. The molecule has 1 N–H and O–H groups in total. The SMILES string of the molecule is CCNC1CCN(C(C)C(C)(C)C)CC1. The van der Waals surface area contributed by atoms with E-state index in [0.29, 0.717) is 11.5 Å². The molecule has 0 radical (unpaired) electrons. The van der Waals surface area contributed by atoms with E-state index in [0.717, 1.165) is 12.6 Å². The van der Waals surface area contributed by atoms with Crippen molar-refractivity contribution in [2.75, 3.05) is 19.6 Å². The first-order valence-corrected chi connectivity index (χ1v) is 6.42. The Morgan fingerprint density at radius 1 is 1.27 bits per heavy atom. The molecule has 0 bridgehead atoms. The lowest BCUT2D eigenvalue weighted by molar-refractivity contribution is 0.0825. The Balaban J connectivity index is 2.37. The molecule has 2 heteroatoms. The summed E-state index contributed by atoms with van der Waals surface area (Å²) in [6, 6.07) is 1.46. The minimum absolute atomic E-state index is 0.408. The molecule has 1 unspecified atom stereocenters. The number of piperidine rings is 1. The molecule has 90 valence electrons. The van der Waals surface area contributed by atoms with Gasteiger partial charge in [-0.2, -0.15) is 0 Å². The summed E-state index contributed by atoms with van der Waals surface area (Å²) in [4.78, 5) is 2.65. The largest absolute Gasteiger partial charge is 0.314 e. The van der Waals surface area contributed by atoms with Crippen LogP contribution in [0.4, 0.5) is 0 Å². The molecule has 0 aliphatic carbocycles. The fraction of sp³-hybridized carbons (Fsp3) is 1.00. The standard InChI is InChI=1S/C13H28N2/c1-6-14-12-7-9-15(10-8-12)11(2)13(3,4)5/h11-12,14H,6-10H2,1-5H3. The molecule has 0 saturated carbocycles. The number of hydrogen-bond acceptors (Lipinski definition) is 2. The molecule has 0 aromatic carbocycles. The van der Waals surface area contributed by atoms with E-state index in [9.17, 15) is 0 Å². The van der Waals surface area contributed by atoms with Crippen molar-refractivity contribution >= 4 is 0 Å². The van der Waals surface area contributed by atoms with Crippen LogP contribution in [-0.4, -0.2) is 36.6 Å². The number of nitrogens with one attached hydrogen (secondary N) is 1. The number of likely N-dealkylation sites (tertiary alicyclic amines) is 1. The predicted octanol–water partition coefficient (Wildman–Crippen LogP) is 2.49. The van der Waals surface area contributed by atoms with Gasteiger partial charge in [0.1, 0.15) is 0 Å². The van der Waals surface area contributed by atoms with Gasteiger partial charge in [-0.25, -0.2) is 0 Å². The van der Waals surface area contributed by atoms with Crippen LogP contribution in [-0.2, 0) is 0 Å². The molecule has 0 aromatic rings. The van der Waals surface area contributed by atoms with Crippen molar-refractivity contribution in [1.82, 2.24) is 10.2 Å². The van der Waals surface area contributed by atoms with E-state index in [1.165, 1.54) is 25.9 Å². The topological polar surface area (TPSA) is 15.3 Å². The normalized spacial score (nSPS) is 23.0. The van der Waals surface area contributed by atoms with Crippen LogP contribution in [0.1, 0.15) is 47.5 Å². The molecule has 1 aliphatic rings. The molecular formula is C13H28N2. The minimum Gasteiger partial charge on any atom is -0.314 e. The molecule has 0 spiro atoms. The summed E-state index contributed by atoms with van der Waals surface area (Å²) in [7, 11) is 0. The number of nitrogens with zero attached hydrogens (tertiary/aromatic N) is 1. The Morgan fingerprint density at radius 3 is 2.20 bits per heavy atom. The third-order valence-corrected chi connectivity index (χ3v) is 3.82. The molecule has 15 heavy (non-hydrogen) atoms. The van der Waals surface area contributed by atoms with Gasteiger partial charge in [0.15, 0.2) is 0 Å². The molecule has 2 nitrogen and oxygen atoms in total. The molecule has 0 aromatic heterocycles. The van der Waals surface area contributed by atoms with E-state index in [2.05, 4.69) is 44.8 Å². The van der Waals surface area contributed by atoms with Crippen LogP contribution >= 0.6 is 0 Å². The second-order valence-corrected chi connectivity index (χ2v) is 5.91. The van der Waals surface area contributed by atoms with E-state index in [1.54, 1.807) is 0 Å². The Bertz CT molecular complexity index is 175. The van der Waals surface area contributed by atoms with Crippen molar-refractivity contribution in [2.24, 2.45) is 5.41 Å². The van der Waals surface area contributed by atoms with Gasteiger partial charge in [0, 0.05) is 12.1 Å². The first-order chi connectivity index (χ1) is 6.95. The van der Waals surface area contributed by atoms with Crippen LogP contribution in [0.25, 0.3) is 0 Å². The van der Waals surface area contributed by atoms with Gasteiger partial charge in [-0.3, -0.25) is 0 Å². The van der Waals surface area contributed by atoms with Gasteiger partial charge in [0.05, 0.1) is 0 Å². The van der Waals surface area contributed by atoms with Crippen LogP contribution < -0.4 is 5.32 Å². The fourth-order valence-electron chi connectivity index (χ4n) is 2.33. The van der Waals surface area contributed by atoms with Crippen LogP contribution in [0.2, 0.25) is 0 Å². The molecule has 1 heterocycles. The Morgan fingerprint density at radius 2 is 1.80 bits per heavy atom. The van der Waals surface area contributed by atoms with E-state index in [-0.39, 0.29) is 0 Å². The van der Waals surface area contributed by atoms with Crippen molar-refractivity contribution in [3.05, 3.63) is 0 Å². The zero-order valence-corrected chi connectivity index (χ0v) is 11.1. The summed E-state index contributed by atoms with van der Waals surface area (Å²) >= 11 is 0. The summed E-state index contributed by atoms with van der Waals surface area (Å²) < 4.78 is 0. The first-order valence-electron chi connectivity index (χ1n) is 6.42. The van der Waals surface area contributed by atoms with Gasteiger partial charge < -0.3 is 10.2 Å². The third kappa shape index (κ3) is 3.76. The average Bonchev–Trinajstić information content (AvgIpc) is 2.17. The van der Waals surface area contributed by atoms with E-state index in [1.807, 2.05) is 0 Å². The summed E-state index contributed by atoms with van der Waals surface area (Å²) in [6.07, 6.45) is 2.63. The van der Waals surface area contributed by atoms with Crippen LogP contribution in [0, 0.1) is 5.41 Å². The molecule has 1 rings (SSSR count). The zero-order chi connectivity index (χ0) is 11.5. The van der Waals surface area contributed by atoms with Gasteiger partial charge in [-0.05, 0) is 44.8 Å². The zero-order valence-electron chi connectivity index (χ0n) is 11.1. The molecule has 1 fully saturated rings. The number of rotatable bonds is 3. The maximum absolute atomic E-state index is 3.56. The summed E-state index contributed by atoms with van der Waals surface area (Å²) in [5.74, 6) is 0. The highest BCUT2D eigenvalue weighted by molar-refractivity contribution is 4.84. The summed E-state index contributed by atoms with van der Waals surface area (Å²) in [6.45, 7) is 15.2. The van der Waals surface area contributed by atoms with E-state index in [4.69, 9.17) is 0 Å². The van der Waals surface area contributed by atoms with Gasteiger partial charge in [0.2, 0.25) is 0 Å². The summed E-state index contributed by atoms with van der Waals surface area (Å²) in [5, 5.41) is 3.56. The highest BCUT2D eigenvalue weighted by atomic mass is 15.2. The Kier molecular flexibility index (Phi) is 4.60. The van der Waals surface area contributed by atoms with Gasteiger partial charge in [-0.15, -0.1) is 0 Å². The van der Waals surface area contributed by atoms with Crippen molar-refractivity contribution < 1.29 is 0 Å². The quantitative estimate of drug-likeness (QED) is 0.773. The minimum atomic E-state index is 0.408. The van der Waals surface area contributed by atoms with E-state index < -0.39 is 0 Å². The third-order valence-electron chi connectivity index (χ3n) is 3.82. The van der Waals surface area contributed by atoms with Gasteiger partial charge >= 0.3 is 0 Å². The predicted molar refractivity (Wildman–Crippen MR) is 67.2 cm³/mol. The highest BCUT2D eigenvalue weighted by Crippen LogP contribution is 2.26. The lowest BCUT2D eigenvalue weighted by Gasteiger charge is -2.42. The maximum Gasteiger partial charge on any atom is 0.0115 e. The van der Waals surface area contributed by atoms with Gasteiger partial charge in [0.25, 0.3) is 0 Å². The Hall–Kier alpha value is -0.0800. The van der Waals surface area contributed by atoms with Crippen LogP contribution in [0.15, 0.2) is 0 Å². The monoisotopic (exact) mass is 212 g/mol. The summed E-state index contributed by atoms with van der Waals surface area (Å²) in [5.41, 5.74) is 0.408. The molecule has 0 amide bonds. The second kappa shape index (κ2) is 5.31. The van der Waals surface area contributed by atoms with Crippen molar-refractivity contribution in [2.45, 2.75) is 59.5 Å². The van der Waals surface area contributed by atoms with Crippen molar-refractivity contribution in [3.8, 4) is 0 Å². The lowest BCUT2D eigenvalue weighted by Crippen LogP contribution is -2.49. The Labute approximate surface area is 95.4 Å². The second-order valence-electron chi connectivity index (χ2n) is 5.91. The molecular weight excluding hydrogens is 184 g/mol.